The molecule has 0 heterocycles. The summed E-state index contributed by atoms with van der Waals surface area (Å²) in [4.78, 5) is 0. The van der Waals surface area contributed by atoms with Gasteiger partial charge < -0.3 is 5.32 Å². The zero-order chi connectivity index (χ0) is 10.7. The molecule has 0 aliphatic rings. The molecule has 0 aliphatic heterocycles. The maximum atomic E-state index is 8.28. The Morgan fingerprint density at radius 1 is 1.38 bits per heavy atom. The SMILES string of the molecule is C=C(/C=C\C(=C)NC)CC#N.CC. The number of likely N-dealkylation sites (N-methyl/N-ethyl adjacent to an activating group) is 1. The molecule has 0 bridgehead atoms. The highest BCUT2D eigenvalue weighted by molar-refractivity contribution is 5.24. The van der Waals surface area contributed by atoms with Crippen LogP contribution >= 0.6 is 0 Å². The molecule has 0 atom stereocenters. The lowest BCUT2D eigenvalue weighted by Gasteiger charge is -1.95. The van der Waals surface area contributed by atoms with Gasteiger partial charge in [0.15, 0.2) is 0 Å². The van der Waals surface area contributed by atoms with Crippen molar-refractivity contribution in [1.82, 2.24) is 5.32 Å². The van der Waals surface area contributed by atoms with Gasteiger partial charge in [0.1, 0.15) is 0 Å². The van der Waals surface area contributed by atoms with Crippen molar-refractivity contribution in [2.45, 2.75) is 20.3 Å². The van der Waals surface area contributed by atoms with Gasteiger partial charge in [0.2, 0.25) is 0 Å². The third-order valence-electron chi connectivity index (χ3n) is 1.15. The van der Waals surface area contributed by atoms with E-state index in [0.29, 0.717) is 6.42 Å². The monoisotopic (exact) mass is 178 g/mol. The summed E-state index contributed by atoms with van der Waals surface area (Å²) in [5.41, 5.74) is 1.60. The number of hydrogen-bond donors (Lipinski definition) is 1. The van der Waals surface area contributed by atoms with Crippen LogP contribution in [0.3, 0.4) is 0 Å². The first-order valence-electron chi connectivity index (χ1n) is 4.30. The molecule has 1 N–H and O–H groups in total. The molecule has 0 unspecified atom stereocenters. The molecule has 0 spiro atoms. The van der Waals surface area contributed by atoms with E-state index in [1.165, 1.54) is 0 Å². The topological polar surface area (TPSA) is 35.8 Å². The third kappa shape index (κ3) is 10.5. The Morgan fingerprint density at radius 3 is 2.31 bits per heavy atom. The molecule has 0 saturated carbocycles. The Morgan fingerprint density at radius 2 is 1.92 bits per heavy atom. The summed E-state index contributed by atoms with van der Waals surface area (Å²) in [7, 11) is 1.79. The van der Waals surface area contributed by atoms with Gasteiger partial charge in [0.05, 0.1) is 12.5 Å². The predicted octanol–water partition coefficient (Wildman–Crippen LogP) is 2.77. The first kappa shape index (κ1) is 14.1. The van der Waals surface area contributed by atoms with Crippen molar-refractivity contribution in [2.75, 3.05) is 7.05 Å². The van der Waals surface area contributed by atoms with Crippen LogP contribution in [0.15, 0.2) is 36.6 Å². The maximum Gasteiger partial charge on any atom is 0.0669 e. The summed E-state index contributed by atoms with van der Waals surface area (Å²) in [6, 6.07) is 2.01. The second kappa shape index (κ2) is 10.5. The van der Waals surface area contributed by atoms with Crippen LogP contribution in [0.2, 0.25) is 0 Å². The average Bonchev–Trinajstić information content (AvgIpc) is 2.18. The lowest BCUT2D eigenvalue weighted by molar-refractivity contribution is 1.04. The summed E-state index contributed by atoms with van der Waals surface area (Å²) in [5.74, 6) is 0. The predicted molar refractivity (Wildman–Crippen MR) is 58.1 cm³/mol. The highest BCUT2D eigenvalue weighted by Crippen LogP contribution is 1.99. The second-order valence-corrected chi connectivity index (χ2v) is 2.10. The number of nitrogens with one attached hydrogen (secondary N) is 1. The van der Waals surface area contributed by atoms with Gasteiger partial charge in [-0.3, -0.25) is 0 Å². The van der Waals surface area contributed by atoms with Crippen molar-refractivity contribution >= 4 is 0 Å². The van der Waals surface area contributed by atoms with Crippen molar-refractivity contribution in [2.24, 2.45) is 0 Å². The van der Waals surface area contributed by atoms with E-state index in [1.54, 1.807) is 19.2 Å². The first-order valence-corrected chi connectivity index (χ1v) is 4.30. The van der Waals surface area contributed by atoms with Gasteiger partial charge in [-0.15, -0.1) is 0 Å². The smallest absolute Gasteiger partial charge is 0.0669 e. The van der Waals surface area contributed by atoms with Gasteiger partial charge in [-0.1, -0.05) is 33.1 Å². The van der Waals surface area contributed by atoms with Crippen LogP contribution in [0.1, 0.15) is 20.3 Å². The van der Waals surface area contributed by atoms with E-state index in [1.807, 2.05) is 19.9 Å². The minimum absolute atomic E-state index is 0.369. The van der Waals surface area contributed by atoms with Gasteiger partial charge in [-0.25, -0.2) is 0 Å². The summed E-state index contributed by atoms with van der Waals surface area (Å²) < 4.78 is 0. The van der Waals surface area contributed by atoms with Crippen molar-refractivity contribution in [3.63, 3.8) is 0 Å². The normalized spacial score (nSPS) is 8.15. The number of hydrogen-bond acceptors (Lipinski definition) is 2. The third-order valence-corrected chi connectivity index (χ3v) is 1.15. The van der Waals surface area contributed by atoms with Crippen LogP contribution in [-0.2, 0) is 0 Å². The molecule has 0 aliphatic carbocycles. The number of rotatable bonds is 4. The first-order chi connectivity index (χ1) is 6.20. The molecule has 0 aromatic carbocycles. The zero-order valence-corrected chi connectivity index (χ0v) is 8.72. The minimum atomic E-state index is 0.369. The molecular formula is C11H18N2. The average molecular weight is 178 g/mol. The Kier molecular flexibility index (Phi) is 11.4. The van der Waals surface area contributed by atoms with Crippen molar-refractivity contribution in [3.8, 4) is 6.07 Å². The van der Waals surface area contributed by atoms with Gasteiger partial charge >= 0.3 is 0 Å². The standard InChI is InChI=1S/C9H12N2.C2H6/c1-8(6-7-10)4-5-9(2)11-3;1-2/h4-5,11H,1-2,6H2,3H3;1-2H3/b5-4-;. The van der Waals surface area contributed by atoms with E-state index in [2.05, 4.69) is 18.5 Å². The van der Waals surface area contributed by atoms with Gasteiger partial charge in [-0.2, -0.15) is 5.26 Å². The van der Waals surface area contributed by atoms with Crippen LogP contribution in [0, 0.1) is 11.3 Å². The Hall–Kier alpha value is -1.49. The van der Waals surface area contributed by atoms with E-state index in [-0.39, 0.29) is 0 Å². The zero-order valence-electron chi connectivity index (χ0n) is 8.72. The second-order valence-electron chi connectivity index (χ2n) is 2.10. The van der Waals surface area contributed by atoms with Crippen LogP contribution in [0.25, 0.3) is 0 Å². The van der Waals surface area contributed by atoms with E-state index in [4.69, 9.17) is 5.26 Å². The van der Waals surface area contributed by atoms with Crippen LogP contribution < -0.4 is 5.32 Å². The summed E-state index contributed by atoms with van der Waals surface area (Å²) in [5, 5.41) is 11.1. The number of nitrogens with zero attached hydrogens (tertiary/aromatic N) is 1. The summed E-state index contributed by atoms with van der Waals surface area (Å²) in [6.45, 7) is 11.4. The molecule has 0 radical (unpaired) electrons. The van der Waals surface area contributed by atoms with E-state index >= 15 is 0 Å². The van der Waals surface area contributed by atoms with E-state index in [0.717, 1.165) is 11.3 Å². The van der Waals surface area contributed by atoms with Gasteiger partial charge in [0, 0.05) is 12.7 Å². The van der Waals surface area contributed by atoms with E-state index < -0.39 is 0 Å². The number of nitriles is 1. The summed E-state index contributed by atoms with van der Waals surface area (Å²) >= 11 is 0. The van der Waals surface area contributed by atoms with Crippen molar-refractivity contribution in [1.29, 1.82) is 5.26 Å². The maximum absolute atomic E-state index is 8.28. The van der Waals surface area contributed by atoms with Crippen LogP contribution in [0.4, 0.5) is 0 Å². The molecule has 13 heavy (non-hydrogen) atoms. The van der Waals surface area contributed by atoms with Gasteiger partial charge in [-0.05, 0) is 11.6 Å². The lowest BCUT2D eigenvalue weighted by Crippen LogP contribution is -2.00. The molecule has 0 rings (SSSR count). The molecule has 0 fully saturated rings. The lowest BCUT2D eigenvalue weighted by atomic mass is 10.2. The minimum Gasteiger partial charge on any atom is -0.389 e. The van der Waals surface area contributed by atoms with Crippen LogP contribution in [0.5, 0.6) is 0 Å². The Labute approximate surface area is 81.3 Å². The molecule has 72 valence electrons. The Bertz CT molecular complexity index is 219. The molecule has 2 heteroatoms. The fourth-order valence-electron chi connectivity index (χ4n) is 0.462. The highest BCUT2D eigenvalue weighted by Gasteiger charge is 1.85. The quantitative estimate of drug-likeness (QED) is 0.672. The molecular weight excluding hydrogens is 160 g/mol. The molecule has 0 aromatic heterocycles. The van der Waals surface area contributed by atoms with Gasteiger partial charge in [0.25, 0.3) is 0 Å². The highest BCUT2D eigenvalue weighted by atomic mass is 14.8. The van der Waals surface area contributed by atoms with E-state index in [9.17, 15) is 0 Å². The largest absolute Gasteiger partial charge is 0.389 e. The Balaban J connectivity index is 0. The fraction of sp³-hybridized carbons (Fsp3) is 0.364. The molecule has 0 saturated heterocycles. The molecule has 2 nitrogen and oxygen atoms in total. The van der Waals surface area contributed by atoms with Crippen molar-refractivity contribution < 1.29 is 0 Å². The molecule has 0 amide bonds. The number of allylic oxidation sites excluding steroid dienone is 3. The van der Waals surface area contributed by atoms with Crippen LogP contribution in [-0.4, -0.2) is 7.05 Å². The fourth-order valence-corrected chi connectivity index (χ4v) is 0.462. The molecule has 0 aromatic rings. The van der Waals surface area contributed by atoms with Crippen molar-refractivity contribution in [3.05, 3.63) is 36.6 Å². The summed E-state index contributed by atoms with van der Waals surface area (Å²) in [6.07, 6.45) is 3.94.